The third-order valence-corrected chi connectivity index (χ3v) is 2.97. The smallest absolute Gasteiger partial charge is 0.327 e. The molecular weight excluding hydrogens is 292 g/mol. The molecule has 2 atom stereocenters. The number of carbonyl (C=O) groups is 4. The van der Waals surface area contributed by atoms with Crippen molar-refractivity contribution in [1.29, 1.82) is 0 Å². The van der Waals surface area contributed by atoms with Crippen LogP contribution in [0.25, 0.3) is 0 Å². The monoisotopic (exact) mass is 308 g/mol. The van der Waals surface area contributed by atoms with Gasteiger partial charge in [-0.3, -0.25) is 19.3 Å². The van der Waals surface area contributed by atoms with E-state index >= 15 is 0 Å². The Morgan fingerprint density at radius 3 is 2.23 bits per heavy atom. The summed E-state index contributed by atoms with van der Waals surface area (Å²) < 4.78 is 0. The molecule has 0 heterocycles. The van der Waals surface area contributed by atoms with Crippen molar-refractivity contribution in [2.24, 2.45) is 5.73 Å². The fourth-order valence-electron chi connectivity index (χ4n) is 1.89. The van der Waals surface area contributed by atoms with Crippen LogP contribution in [0.4, 0.5) is 0 Å². The molecule has 0 aliphatic heterocycles. The van der Waals surface area contributed by atoms with Crippen molar-refractivity contribution in [2.45, 2.75) is 24.9 Å². The van der Waals surface area contributed by atoms with Gasteiger partial charge in [-0.1, -0.05) is 30.3 Å². The molecule has 0 saturated carbocycles. The van der Waals surface area contributed by atoms with Gasteiger partial charge in [0.25, 0.3) is 0 Å². The Bertz CT molecular complexity index is 560. The van der Waals surface area contributed by atoms with Crippen molar-refractivity contribution in [3.05, 3.63) is 35.9 Å². The number of hydrogen-bond donors (Lipinski definition) is 3. The molecule has 0 fully saturated rings. The van der Waals surface area contributed by atoms with Crippen molar-refractivity contribution in [3.63, 3.8) is 0 Å². The van der Waals surface area contributed by atoms with Crippen LogP contribution in [0.15, 0.2) is 30.3 Å². The van der Waals surface area contributed by atoms with Crippen LogP contribution in [-0.4, -0.2) is 51.5 Å². The number of aliphatic carboxylic acids is 2. The maximum atomic E-state index is 12.0. The quantitative estimate of drug-likeness (QED) is 0.549. The van der Waals surface area contributed by atoms with E-state index in [1.54, 1.807) is 30.3 Å². The minimum atomic E-state index is -1.49. The van der Waals surface area contributed by atoms with E-state index in [4.69, 9.17) is 10.8 Å². The Kier molecular flexibility index (Phi) is 6.21. The zero-order valence-electron chi connectivity index (χ0n) is 11.6. The van der Waals surface area contributed by atoms with Gasteiger partial charge < -0.3 is 15.9 Å². The third-order valence-electron chi connectivity index (χ3n) is 2.97. The summed E-state index contributed by atoms with van der Waals surface area (Å²) >= 11 is 0. The van der Waals surface area contributed by atoms with Crippen LogP contribution >= 0.6 is 0 Å². The molecule has 0 aliphatic rings. The number of carboxylic acids is 2. The van der Waals surface area contributed by atoms with Crippen LogP contribution in [0.1, 0.15) is 12.0 Å². The Morgan fingerprint density at radius 1 is 1.18 bits per heavy atom. The van der Waals surface area contributed by atoms with E-state index in [1.807, 2.05) is 0 Å². The van der Waals surface area contributed by atoms with Crippen molar-refractivity contribution >= 4 is 24.3 Å². The van der Waals surface area contributed by atoms with E-state index in [0.29, 0.717) is 10.5 Å². The van der Waals surface area contributed by atoms with Crippen LogP contribution < -0.4 is 5.73 Å². The average molecular weight is 308 g/mol. The van der Waals surface area contributed by atoms with Crippen molar-refractivity contribution in [1.82, 2.24) is 4.90 Å². The van der Waals surface area contributed by atoms with Crippen LogP contribution in [-0.2, 0) is 25.6 Å². The number of hydrogen-bond acceptors (Lipinski definition) is 5. The van der Waals surface area contributed by atoms with E-state index in [9.17, 15) is 24.3 Å². The van der Waals surface area contributed by atoms with Gasteiger partial charge in [-0.2, -0.15) is 0 Å². The van der Waals surface area contributed by atoms with Gasteiger partial charge in [0.1, 0.15) is 6.04 Å². The highest BCUT2D eigenvalue weighted by Crippen LogP contribution is 2.10. The highest BCUT2D eigenvalue weighted by atomic mass is 16.4. The lowest BCUT2D eigenvalue weighted by Gasteiger charge is -2.25. The Labute approximate surface area is 126 Å². The lowest BCUT2D eigenvalue weighted by Crippen LogP contribution is -2.52. The fraction of sp³-hybridized carbons (Fsp3) is 0.286. The minimum Gasteiger partial charge on any atom is -0.481 e. The van der Waals surface area contributed by atoms with E-state index in [1.165, 1.54) is 0 Å². The summed E-state index contributed by atoms with van der Waals surface area (Å²) in [5.41, 5.74) is 6.01. The van der Waals surface area contributed by atoms with Gasteiger partial charge in [0.15, 0.2) is 0 Å². The first-order valence-electron chi connectivity index (χ1n) is 6.38. The van der Waals surface area contributed by atoms with Gasteiger partial charge in [-0.15, -0.1) is 0 Å². The molecule has 8 nitrogen and oxygen atoms in total. The molecule has 118 valence electrons. The number of carbonyl (C=O) groups excluding carboxylic acids is 2. The molecule has 22 heavy (non-hydrogen) atoms. The molecule has 0 bridgehead atoms. The summed E-state index contributed by atoms with van der Waals surface area (Å²) in [7, 11) is 0. The second kappa shape index (κ2) is 7.89. The normalized spacial score (nSPS) is 13.0. The predicted molar refractivity (Wildman–Crippen MR) is 74.7 cm³/mol. The summed E-state index contributed by atoms with van der Waals surface area (Å²) in [5, 5.41) is 17.9. The Balaban J connectivity index is 2.95. The largest absolute Gasteiger partial charge is 0.481 e. The summed E-state index contributed by atoms with van der Waals surface area (Å²) in [6.45, 7) is 0. The van der Waals surface area contributed by atoms with E-state index < -0.39 is 36.4 Å². The topological polar surface area (TPSA) is 138 Å². The molecule has 1 rings (SSSR count). The second-order valence-electron chi connectivity index (χ2n) is 4.60. The maximum absolute atomic E-state index is 12.0. The molecule has 1 aromatic rings. The van der Waals surface area contributed by atoms with Crippen LogP contribution in [0.3, 0.4) is 0 Å². The molecule has 4 N–H and O–H groups in total. The molecule has 0 aromatic heterocycles. The molecule has 0 saturated heterocycles. The van der Waals surface area contributed by atoms with Crippen molar-refractivity contribution in [3.8, 4) is 0 Å². The van der Waals surface area contributed by atoms with Crippen LogP contribution in [0.5, 0.6) is 0 Å². The van der Waals surface area contributed by atoms with Crippen molar-refractivity contribution < 1.29 is 29.4 Å². The molecule has 0 unspecified atom stereocenters. The standard InChI is InChI=1S/C14H16N2O6/c15-10(7-12(18)19)13(20)16(8-17)11(14(21)22)6-9-4-2-1-3-5-9/h1-5,8,10-11H,6-7,15H2,(H,18,19)(H,21,22)/t10-,11-/m0/s1. The number of rotatable bonds is 8. The first-order chi connectivity index (χ1) is 10.4. The van der Waals surface area contributed by atoms with Gasteiger partial charge >= 0.3 is 11.9 Å². The third kappa shape index (κ3) is 4.67. The highest BCUT2D eigenvalue weighted by molar-refractivity contribution is 5.96. The van der Waals surface area contributed by atoms with Gasteiger partial charge in [0.2, 0.25) is 12.3 Å². The number of nitrogens with two attached hydrogens (primary N) is 1. The van der Waals surface area contributed by atoms with E-state index in [0.717, 1.165) is 0 Å². The SMILES string of the molecule is N[C@@H](CC(=O)O)C(=O)N(C=O)[C@@H](Cc1ccccc1)C(=O)O. The number of benzene rings is 1. The summed E-state index contributed by atoms with van der Waals surface area (Å²) in [5.74, 6) is -3.74. The van der Waals surface area contributed by atoms with Crippen molar-refractivity contribution in [2.75, 3.05) is 0 Å². The van der Waals surface area contributed by atoms with E-state index in [2.05, 4.69) is 0 Å². The summed E-state index contributed by atoms with van der Waals surface area (Å²) in [6, 6.07) is 5.49. The van der Waals surface area contributed by atoms with Crippen LogP contribution in [0.2, 0.25) is 0 Å². The highest BCUT2D eigenvalue weighted by Gasteiger charge is 2.33. The summed E-state index contributed by atoms with van der Waals surface area (Å²) in [6.07, 6.45) is -0.729. The molecule has 8 heteroatoms. The molecule has 1 aromatic carbocycles. The van der Waals surface area contributed by atoms with E-state index in [-0.39, 0.29) is 12.8 Å². The minimum absolute atomic E-state index is 0.0613. The van der Waals surface area contributed by atoms with Gasteiger partial charge in [0, 0.05) is 6.42 Å². The number of carboxylic acid groups (broad SMARTS) is 2. The molecular formula is C14H16N2O6. The predicted octanol–water partition coefficient (Wildman–Crippen LogP) is -0.531. The summed E-state index contributed by atoms with van der Waals surface area (Å²) in [4.78, 5) is 45.4. The fourth-order valence-corrected chi connectivity index (χ4v) is 1.89. The molecule has 0 aliphatic carbocycles. The number of amides is 2. The van der Waals surface area contributed by atoms with Gasteiger partial charge in [-0.25, -0.2) is 4.79 Å². The Morgan fingerprint density at radius 2 is 1.77 bits per heavy atom. The number of nitrogens with zero attached hydrogens (tertiary/aromatic N) is 1. The molecule has 0 spiro atoms. The molecule has 2 amide bonds. The van der Waals surface area contributed by atoms with Gasteiger partial charge in [-0.05, 0) is 5.56 Å². The average Bonchev–Trinajstić information content (AvgIpc) is 2.47. The van der Waals surface area contributed by atoms with Gasteiger partial charge in [0.05, 0.1) is 12.5 Å². The zero-order chi connectivity index (χ0) is 16.7. The first-order valence-corrected chi connectivity index (χ1v) is 6.38. The second-order valence-corrected chi connectivity index (χ2v) is 4.60. The lowest BCUT2D eigenvalue weighted by molar-refractivity contribution is -0.155. The zero-order valence-corrected chi connectivity index (χ0v) is 11.6. The molecule has 0 radical (unpaired) electrons. The number of imide groups is 1. The lowest BCUT2D eigenvalue weighted by atomic mass is 10.0. The first kappa shape index (κ1) is 17.3. The van der Waals surface area contributed by atoms with Crippen LogP contribution in [0, 0.1) is 0 Å². The maximum Gasteiger partial charge on any atom is 0.327 e. The Hall–Kier alpha value is -2.74.